The van der Waals surface area contributed by atoms with Crippen LogP contribution in [0.5, 0.6) is 5.75 Å². The quantitative estimate of drug-likeness (QED) is 0.795. The topological polar surface area (TPSA) is 9.23 Å². The van der Waals surface area contributed by atoms with Crippen molar-refractivity contribution < 1.29 is 17.9 Å². The van der Waals surface area contributed by atoms with Crippen LogP contribution in [-0.2, 0) is 0 Å². The third-order valence-corrected chi connectivity index (χ3v) is 2.10. The summed E-state index contributed by atoms with van der Waals surface area (Å²) in [5.41, 5.74) is 0.955. The second-order valence-corrected chi connectivity index (χ2v) is 3.69. The van der Waals surface area contributed by atoms with Crippen molar-refractivity contribution >= 4 is 15.9 Å². The first-order chi connectivity index (χ1) is 6.38. The summed E-state index contributed by atoms with van der Waals surface area (Å²) in [6.07, 6.45) is -4.30. The molecule has 0 spiro atoms. The number of rotatable bonds is 2. The molecule has 0 aliphatic heterocycles. The number of benzene rings is 1. The first kappa shape index (κ1) is 11.4. The van der Waals surface area contributed by atoms with E-state index in [1.807, 2.05) is 6.92 Å². The third kappa shape index (κ3) is 3.57. The molecule has 0 bridgehead atoms. The molecule has 0 heterocycles. The predicted molar refractivity (Wildman–Crippen MR) is 50.4 cm³/mol. The van der Waals surface area contributed by atoms with Crippen molar-refractivity contribution in [3.8, 4) is 5.75 Å². The van der Waals surface area contributed by atoms with Gasteiger partial charge in [-0.1, -0.05) is 6.07 Å². The summed E-state index contributed by atoms with van der Waals surface area (Å²) in [6, 6.07) is 4.90. The standard InChI is InChI=1S/C9H8BrF3O/c1-6-2-3-8(7(10)4-6)14-5-9(11,12)13/h2-4H,5H2,1H3. The Hall–Kier alpha value is -0.710. The summed E-state index contributed by atoms with van der Waals surface area (Å²) < 4.78 is 40.5. The Labute approximate surface area is 88.0 Å². The average Bonchev–Trinajstić information content (AvgIpc) is 2.00. The molecule has 1 nitrogen and oxygen atoms in total. The lowest BCUT2D eigenvalue weighted by atomic mass is 10.2. The molecule has 0 aromatic heterocycles. The molecular formula is C9H8BrF3O. The highest BCUT2D eigenvalue weighted by atomic mass is 79.9. The zero-order chi connectivity index (χ0) is 10.8. The lowest BCUT2D eigenvalue weighted by Gasteiger charge is -2.10. The highest BCUT2D eigenvalue weighted by molar-refractivity contribution is 9.10. The summed E-state index contributed by atoms with van der Waals surface area (Å²) >= 11 is 3.12. The van der Waals surface area contributed by atoms with Crippen molar-refractivity contribution in [3.05, 3.63) is 28.2 Å². The van der Waals surface area contributed by atoms with Gasteiger partial charge in [-0.25, -0.2) is 0 Å². The number of ether oxygens (including phenoxy) is 1. The van der Waals surface area contributed by atoms with Crippen molar-refractivity contribution in [1.82, 2.24) is 0 Å². The summed E-state index contributed by atoms with van der Waals surface area (Å²) in [6.45, 7) is 0.576. The summed E-state index contributed by atoms with van der Waals surface area (Å²) in [5, 5.41) is 0. The minimum absolute atomic E-state index is 0.202. The molecule has 0 amide bonds. The molecule has 0 saturated heterocycles. The number of hydrogen-bond donors (Lipinski definition) is 0. The van der Waals surface area contributed by atoms with Gasteiger partial charge in [-0.05, 0) is 40.5 Å². The largest absolute Gasteiger partial charge is 0.483 e. The Morgan fingerprint density at radius 1 is 1.36 bits per heavy atom. The summed E-state index contributed by atoms with van der Waals surface area (Å²) in [4.78, 5) is 0. The molecule has 0 radical (unpaired) electrons. The number of alkyl halides is 3. The minimum Gasteiger partial charge on any atom is -0.483 e. The zero-order valence-corrected chi connectivity index (χ0v) is 8.95. The Kier molecular flexibility index (Phi) is 3.42. The molecule has 0 N–H and O–H groups in total. The fraction of sp³-hybridized carbons (Fsp3) is 0.333. The van der Waals surface area contributed by atoms with Gasteiger partial charge < -0.3 is 4.74 Å². The Bertz CT molecular complexity index is 322. The van der Waals surface area contributed by atoms with Crippen LogP contribution in [0.3, 0.4) is 0 Å². The molecule has 14 heavy (non-hydrogen) atoms. The van der Waals surface area contributed by atoms with Gasteiger partial charge in [0.05, 0.1) is 4.47 Å². The Morgan fingerprint density at radius 3 is 2.50 bits per heavy atom. The number of halogens is 4. The van der Waals surface area contributed by atoms with Gasteiger partial charge in [0, 0.05) is 0 Å². The maximum atomic E-state index is 11.8. The smallest absolute Gasteiger partial charge is 0.422 e. The van der Waals surface area contributed by atoms with Gasteiger partial charge in [-0.15, -0.1) is 0 Å². The van der Waals surface area contributed by atoms with Gasteiger partial charge in [0.2, 0.25) is 0 Å². The number of hydrogen-bond acceptors (Lipinski definition) is 1. The molecule has 0 saturated carbocycles. The predicted octanol–water partition coefficient (Wildman–Crippen LogP) is 3.70. The molecular weight excluding hydrogens is 261 g/mol. The van der Waals surface area contributed by atoms with Crippen molar-refractivity contribution in [1.29, 1.82) is 0 Å². The van der Waals surface area contributed by atoms with E-state index in [1.54, 1.807) is 12.1 Å². The van der Waals surface area contributed by atoms with E-state index in [1.165, 1.54) is 6.07 Å². The Morgan fingerprint density at radius 2 is 2.00 bits per heavy atom. The van der Waals surface area contributed by atoms with Gasteiger partial charge in [-0.2, -0.15) is 13.2 Å². The van der Waals surface area contributed by atoms with E-state index in [4.69, 9.17) is 0 Å². The molecule has 1 aromatic rings. The minimum atomic E-state index is -4.30. The van der Waals surface area contributed by atoms with Crippen molar-refractivity contribution in [2.45, 2.75) is 13.1 Å². The van der Waals surface area contributed by atoms with Crippen LogP contribution in [0.25, 0.3) is 0 Å². The fourth-order valence-electron chi connectivity index (χ4n) is 0.883. The fourth-order valence-corrected chi connectivity index (χ4v) is 1.49. The van der Waals surface area contributed by atoms with E-state index >= 15 is 0 Å². The van der Waals surface area contributed by atoms with Gasteiger partial charge in [0.1, 0.15) is 5.75 Å². The van der Waals surface area contributed by atoms with Crippen molar-refractivity contribution in [2.24, 2.45) is 0 Å². The van der Waals surface area contributed by atoms with Crippen LogP contribution < -0.4 is 4.74 Å². The second-order valence-electron chi connectivity index (χ2n) is 2.84. The van der Waals surface area contributed by atoms with Crippen molar-refractivity contribution in [3.63, 3.8) is 0 Å². The van der Waals surface area contributed by atoms with Crippen LogP contribution in [0.4, 0.5) is 13.2 Å². The summed E-state index contributed by atoms with van der Waals surface area (Å²) in [7, 11) is 0. The van der Waals surface area contributed by atoms with Crippen LogP contribution >= 0.6 is 15.9 Å². The molecule has 0 aliphatic carbocycles. The lowest BCUT2D eigenvalue weighted by molar-refractivity contribution is -0.153. The van der Waals surface area contributed by atoms with Crippen LogP contribution in [0.1, 0.15) is 5.56 Å². The molecule has 78 valence electrons. The molecule has 0 fully saturated rings. The lowest BCUT2D eigenvalue weighted by Crippen LogP contribution is -2.19. The van der Waals surface area contributed by atoms with E-state index in [-0.39, 0.29) is 5.75 Å². The highest BCUT2D eigenvalue weighted by Crippen LogP contribution is 2.27. The van der Waals surface area contributed by atoms with E-state index in [0.717, 1.165) is 5.56 Å². The van der Waals surface area contributed by atoms with Crippen LogP contribution in [0.15, 0.2) is 22.7 Å². The van der Waals surface area contributed by atoms with E-state index in [9.17, 15) is 13.2 Å². The molecule has 1 aromatic carbocycles. The van der Waals surface area contributed by atoms with Crippen LogP contribution in [-0.4, -0.2) is 12.8 Å². The maximum Gasteiger partial charge on any atom is 0.422 e. The van der Waals surface area contributed by atoms with Gasteiger partial charge in [0.15, 0.2) is 6.61 Å². The van der Waals surface area contributed by atoms with Crippen molar-refractivity contribution in [2.75, 3.05) is 6.61 Å². The SMILES string of the molecule is Cc1ccc(OCC(F)(F)F)c(Br)c1. The van der Waals surface area contributed by atoms with Gasteiger partial charge >= 0.3 is 6.18 Å². The molecule has 0 aliphatic rings. The molecule has 1 rings (SSSR count). The van der Waals surface area contributed by atoms with E-state index < -0.39 is 12.8 Å². The van der Waals surface area contributed by atoms with Gasteiger partial charge in [0.25, 0.3) is 0 Å². The first-order valence-corrected chi connectivity index (χ1v) is 4.63. The zero-order valence-electron chi connectivity index (χ0n) is 7.36. The van der Waals surface area contributed by atoms with E-state index in [0.29, 0.717) is 4.47 Å². The average molecular weight is 269 g/mol. The molecule has 0 unspecified atom stereocenters. The molecule has 0 atom stereocenters. The summed E-state index contributed by atoms with van der Waals surface area (Å²) in [5.74, 6) is 0.202. The monoisotopic (exact) mass is 268 g/mol. The highest BCUT2D eigenvalue weighted by Gasteiger charge is 2.28. The Balaban J connectivity index is 2.68. The third-order valence-electron chi connectivity index (χ3n) is 1.48. The van der Waals surface area contributed by atoms with E-state index in [2.05, 4.69) is 20.7 Å². The van der Waals surface area contributed by atoms with Crippen LogP contribution in [0.2, 0.25) is 0 Å². The number of aryl methyl sites for hydroxylation is 1. The van der Waals surface area contributed by atoms with Crippen LogP contribution in [0, 0.1) is 6.92 Å². The first-order valence-electron chi connectivity index (χ1n) is 3.84. The van der Waals surface area contributed by atoms with Gasteiger partial charge in [-0.3, -0.25) is 0 Å². The molecule has 5 heteroatoms. The maximum absolute atomic E-state index is 11.8. The second kappa shape index (κ2) is 4.21. The normalized spacial score (nSPS) is 11.5.